The van der Waals surface area contributed by atoms with Crippen molar-refractivity contribution in [1.29, 1.82) is 0 Å². The number of rotatable bonds is 4. The van der Waals surface area contributed by atoms with Gasteiger partial charge in [-0.25, -0.2) is 4.98 Å². The maximum atomic E-state index is 11.1. The molecule has 0 aliphatic carbocycles. The quantitative estimate of drug-likeness (QED) is 0.732. The molecule has 0 atom stereocenters. The van der Waals surface area contributed by atoms with Crippen molar-refractivity contribution in [3.05, 3.63) is 52.6 Å². The molecule has 0 saturated heterocycles. The first-order chi connectivity index (χ1) is 8.28. The molecule has 2 aromatic rings. The van der Waals surface area contributed by atoms with Gasteiger partial charge in [0.15, 0.2) is 0 Å². The van der Waals surface area contributed by atoms with Crippen LogP contribution < -0.4 is 16.6 Å². The van der Waals surface area contributed by atoms with E-state index in [1.807, 2.05) is 24.3 Å². The standard InChI is InChI=1S/C12H14N4O/c13-6-5-9-1-3-10(4-2-9)16-11-7-12(17)15-8-14-11/h1-4,7-8H,5-6,13H2,(H2,14,15,16,17). The fourth-order valence-corrected chi connectivity index (χ4v) is 1.51. The van der Waals surface area contributed by atoms with Crippen molar-refractivity contribution in [3.8, 4) is 0 Å². The van der Waals surface area contributed by atoms with Crippen molar-refractivity contribution in [2.45, 2.75) is 6.42 Å². The Morgan fingerprint density at radius 3 is 2.71 bits per heavy atom. The van der Waals surface area contributed by atoms with Gasteiger partial charge in [0.2, 0.25) is 0 Å². The van der Waals surface area contributed by atoms with E-state index >= 15 is 0 Å². The molecular formula is C12H14N4O. The van der Waals surface area contributed by atoms with Gasteiger partial charge in [0, 0.05) is 11.8 Å². The number of nitrogens with two attached hydrogens (primary N) is 1. The van der Waals surface area contributed by atoms with E-state index in [9.17, 15) is 4.79 Å². The van der Waals surface area contributed by atoms with Gasteiger partial charge in [0.05, 0.1) is 6.33 Å². The maximum absolute atomic E-state index is 11.1. The second-order valence-corrected chi connectivity index (χ2v) is 3.66. The minimum atomic E-state index is -0.178. The summed E-state index contributed by atoms with van der Waals surface area (Å²) in [6.07, 6.45) is 2.23. The number of hydrogen-bond acceptors (Lipinski definition) is 4. The minimum Gasteiger partial charge on any atom is -0.340 e. The summed E-state index contributed by atoms with van der Waals surface area (Å²) in [5.41, 5.74) is 7.38. The fourth-order valence-electron chi connectivity index (χ4n) is 1.51. The van der Waals surface area contributed by atoms with E-state index in [4.69, 9.17) is 5.73 Å². The van der Waals surface area contributed by atoms with E-state index in [1.165, 1.54) is 18.0 Å². The van der Waals surface area contributed by atoms with E-state index in [0.29, 0.717) is 12.4 Å². The van der Waals surface area contributed by atoms with Crippen LogP contribution in [0.2, 0.25) is 0 Å². The van der Waals surface area contributed by atoms with Gasteiger partial charge in [0.1, 0.15) is 5.82 Å². The van der Waals surface area contributed by atoms with Crippen molar-refractivity contribution in [2.75, 3.05) is 11.9 Å². The Morgan fingerprint density at radius 1 is 1.29 bits per heavy atom. The van der Waals surface area contributed by atoms with E-state index in [1.54, 1.807) is 0 Å². The zero-order chi connectivity index (χ0) is 12.1. The first kappa shape index (κ1) is 11.3. The molecule has 0 saturated carbocycles. The molecule has 17 heavy (non-hydrogen) atoms. The highest BCUT2D eigenvalue weighted by atomic mass is 16.1. The second-order valence-electron chi connectivity index (χ2n) is 3.66. The molecule has 0 aliphatic heterocycles. The molecule has 0 amide bonds. The topological polar surface area (TPSA) is 83.8 Å². The van der Waals surface area contributed by atoms with Crippen LogP contribution in [0, 0.1) is 0 Å². The lowest BCUT2D eigenvalue weighted by Gasteiger charge is -2.05. The number of aromatic amines is 1. The number of benzene rings is 1. The van der Waals surface area contributed by atoms with Crippen molar-refractivity contribution in [3.63, 3.8) is 0 Å². The van der Waals surface area contributed by atoms with Crippen LogP contribution in [-0.2, 0) is 6.42 Å². The molecule has 0 radical (unpaired) electrons. The Kier molecular flexibility index (Phi) is 3.52. The summed E-state index contributed by atoms with van der Waals surface area (Å²) < 4.78 is 0. The highest BCUT2D eigenvalue weighted by molar-refractivity contribution is 5.55. The van der Waals surface area contributed by atoms with Crippen molar-refractivity contribution in [2.24, 2.45) is 5.73 Å². The monoisotopic (exact) mass is 230 g/mol. The Labute approximate surface area is 98.7 Å². The van der Waals surface area contributed by atoms with Crippen molar-refractivity contribution in [1.82, 2.24) is 9.97 Å². The zero-order valence-electron chi connectivity index (χ0n) is 9.31. The lowest BCUT2D eigenvalue weighted by atomic mass is 10.1. The molecular weight excluding hydrogens is 216 g/mol. The van der Waals surface area contributed by atoms with Gasteiger partial charge in [-0.3, -0.25) is 4.79 Å². The van der Waals surface area contributed by atoms with Crippen LogP contribution in [-0.4, -0.2) is 16.5 Å². The van der Waals surface area contributed by atoms with Gasteiger partial charge in [0.25, 0.3) is 5.56 Å². The van der Waals surface area contributed by atoms with Crippen LogP contribution >= 0.6 is 0 Å². The van der Waals surface area contributed by atoms with Crippen LogP contribution in [0.15, 0.2) is 41.5 Å². The van der Waals surface area contributed by atoms with Gasteiger partial charge in [-0.1, -0.05) is 12.1 Å². The normalized spacial score (nSPS) is 10.2. The van der Waals surface area contributed by atoms with Crippen LogP contribution in [0.3, 0.4) is 0 Å². The third-order valence-electron chi connectivity index (χ3n) is 2.34. The Balaban J connectivity index is 2.11. The zero-order valence-corrected chi connectivity index (χ0v) is 9.31. The molecule has 0 aliphatic rings. The molecule has 0 bridgehead atoms. The first-order valence-corrected chi connectivity index (χ1v) is 5.39. The molecule has 0 unspecified atom stereocenters. The highest BCUT2D eigenvalue weighted by Gasteiger charge is 1.97. The minimum absolute atomic E-state index is 0.178. The number of nitrogens with one attached hydrogen (secondary N) is 2. The van der Waals surface area contributed by atoms with Gasteiger partial charge in [-0.15, -0.1) is 0 Å². The summed E-state index contributed by atoms with van der Waals surface area (Å²) in [6, 6.07) is 9.29. The predicted molar refractivity (Wildman–Crippen MR) is 67.3 cm³/mol. The van der Waals surface area contributed by atoms with Crippen LogP contribution in [0.5, 0.6) is 0 Å². The molecule has 0 spiro atoms. The van der Waals surface area contributed by atoms with E-state index < -0.39 is 0 Å². The molecule has 2 rings (SSSR count). The molecule has 4 N–H and O–H groups in total. The van der Waals surface area contributed by atoms with Crippen molar-refractivity contribution < 1.29 is 0 Å². The summed E-state index contributed by atoms with van der Waals surface area (Å²) in [7, 11) is 0. The second kappa shape index (κ2) is 5.27. The number of aromatic nitrogens is 2. The average Bonchev–Trinajstić information content (AvgIpc) is 2.32. The summed E-state index contributed by atoms with van der Waals surface area (Å²) in [4.78, 5) is 17.5. The Hall–Kier alpha value is -2.14. The third-order valence-corrected chi connectivity index (χ3v) is 2.34. The van der Waals surface area contributed by atoms with Gasteiger partial charge < -0.3 is 16.0 Å². The largest absolute Gasteiger partial charge is 0.340 e. The predicted octanol–water partition coefficient (Wildman–Crippen LogP) is 1.01. The Morgan fingerprint density at radius 2 is 2.06 bits per heavy atom. The Bertz CT molecular complexity index is 533. The third kappa shape index (κ3) is 3.15. The fraction of sp³-hybridized carbons (Fsp3) is 0.167. The first-order valence-electron chi connectivity index (χ1n) is 5.39. The van der Waals surface area contributed by atoms with Crippen molar-refractivity contribution >= 4 is 11.5 Å². The van der Waals surface area contributed by atoms with E-state index in [-0.39, 0.29) is 5.56 Å². The van der Waals surface area contributed by atoms with E-state index in [2.05, 4.69) is 15.3 Å². The van der Waals surface area contributed by atoms with Crippen LogP contribution in [0.25, 0.3) is 0 Å². The highest BCUT2D eigenvalue weighted by Crippen LogP contribution is 2.13. The number of anilines is 2. The van der Waals surface area contributed by atoms with Crippen LogP contribution in [0.1, 0.15) is 5.56 Å². The smallest absolute Gasteiger partial charge is 0.252 e. The maximum Gasteiger partial charge on any atom is 0.252 e. The van der Waals surface area contributed by atoms with Gasteiger partial charge in [-0.2, -0.15) is 0 Å². The number of hydrogen-bond donors (Lipinski definition) is 3. The summed E-state index contributed by atoms with van der Waals surface area (Å²) in [6.45, 7) is 0.641. The molecule has 1 aromatic heterocycles. The van der Waals surface area contributed by atoms with Gasteiger partial charge in [-0.05, 0) is 30.7 Å². The SMILES string of the molecule is NCCc1ccc(Nc2cc(=O)[nH]cn2)cc1. The molecule has 5 nitrogen and oxygen atoms in total. The molecule has 0 fully saturated rings. The molecule has 1 heterocycles. The summed E-state index contributed by atoms with van der Waals surface area (Å²) in [5, 5.41) is 3.05. The molecule has 1 aromatic carbocycles. The molecule has 88 valence electrons. The number of nitrogens with zero attached hydrogens (tertiary/aromatic N) is 1. The number of H-pyrrole nitrogens is 1. The average molecular weight is 230 g/mol. The summed E-state index contributed by atoms with van der Waals surface area (Å²) in [5.74, 6) is 0.528. The molecule has 5 heteroatoms. The summed E-state index contributed by atoms with van der Waals surface area (Å²) >= 11 is 0. The lowest BCUT2D eigenvalue weighted by Crippen LogP contribution is -2.06. The van der Waals surface area contributed by atoms with Gasteiger partial charge >= 0.3 is 0 Å². The van der Waals surface area contributed by atoms with E-state index in [0.717, 1.165) is 12.1 Å². The lowest BCUT2D eigenvalue weighted by molar-refractivity contribution is 0.969. The van der Waals surface area contributed by atoms with Crippen LogP contribution in [0.4, 0.5) is 11.5 Å².